The number of aliphatic imine (C=N–C) groups is 1. The number of rotatable bonds is 2. The Morgan fingerprint density at radius 3 is 2.45 bits per heavy atom. The summed E-state index contributed by atoms with van der Waals surface area (Å²) in [7, 11) is -3.41. The fourth-order valence-corrected chi connectivity index (χ4v) is 7.27. The predicted molar refractivity (Wildman–Crippen MR) is 123 cm³/mol. The quantitative estimate of drug-likeness (QED) is 0.630. The van der Waals surface area contributed by atoms with Crippen LogP contribution in [0.3, 0.4) is 0 Å². The average molecular weight is 427 g/mol. The van der Waals surface area contributed by atoms with Gasteiger partial charge in [0.2, 0.25) is 0 Å². The average Bonchev–Trinajstić information content (AvgIpc) is 3.25. The van der Waals surface area contributed by atoms with E-state index < -0.39 is 20.1 Å². The first-order chi connectivity index (χ1) is 13.5. The zero-order valence-corrected chi connectivity index (χ0v) is 18.8. The van der Waals surface area contributed by atoms with Gasteiger partial charge < -0.3 is 5.73 Å². The predicted octanol–water partition coefficient (Wildman–Crippen LogP) is 4.96. The minimum absolute atomic E-state index is 0.0367. The molecule has 2 aromatic carbocycles. The second-order valence-corrected chi connectivity index (χ2v) is 13.1. The standard InChI is InChI=1S/C23H26N2O2S2/c1-13-9-17(13)14-5-7-16-18-11-15(6-8-19(18)28-20(16)10-14)23(4)12-29(26,27)22(2,3)21(24)25-23/h5-8,10-11,13,17H,9,12H2,1-4H3,(H2,24,25)/t13?,17?,23-/m0/s1. The molecule has 0 amide bonds. The van der Waals surface area contributed by atoms with E-state index in [-0.39, 0.29) is 11.6 Å². The molecular formula is C23H26N2O2S2. The van der Waals surface area contributed by atoms with Gasteiger partial charge in [0.15, 0.2) is 9.84 Å². The van der Waals surface area contributed by atoms with E-state index in [1.807, 2.05) is 13.0 Å². The molecule has 0 saturated heterocycles. The maximum Gasteiger partial charge on any atom is 0.165 e. The lowest BCUT2D eigenvalue weighted by Gasteiger charge is -2.37. The van der Waals surface area contributed by atoms with E-state index >= 15 is 0 Å². The van der Waals surface area contributed by atoms with Crippen LogP contribution in [0.25, 0.3) is 20.2 Å². The summed E-state index contributed by atoms with van der Waals surface area (Å²) in [5, 5.41) is 2.39. The molecule has 152 valence electrons. The van der Waals surface area contributed by atoms with Crippen molar-refractivity contribution in [2.45, 2.75) is 50.3 Å². The molecular weight excluding hydrogens is 400 g/mol. The van der Waals surface area contributed by atoms with Crippen molar-refractivity contribution in [3.63, 3.8) is 0 Å². The Bertz CT molecular complexity index is 1300. The Morgan fingerprint density at radius 1 is 1.07 bits per heavy atom. The van der Waals surface area contributed by atoms with Crippen molar-refractivity contribution in [3.8, 4) is 0 Å². The molecule has 3 atom stereocenters. The van der Waals surface area contributed by atoms with Crippen LogP contribution in [0, 0.1) is 5.92 Å². The van der Waals surface area contributed by atoms with Crippen molar-refractivity contribution < 1.29 is 8.42 Å². The van der Waals surface area contributed by atoms with Crippen LogP contribution in [0.5, 0.6) is 0 Å². The maximum absolute atomic E-state index is 12.9. The highest BCUT2D eigenvalue weighted by Crippen LogP contribution is 2.48. The van der Waals surface area contributed by atoms with Crippen molar-refractivity contribution in [3.05, 3.63) is 47.5 Å². The van der Waals surface area contributed by atoms with Gasteiger partial charge in [-0.1, -0.05) is 25.1 Å². The summed E-state index contributed by atoms with van der Waals surface area (Å²) in [6.45, 7) is 7.44. The normalized spacial score (nSPS) is 30.4. The molecule has 1 aliphatic heterocycles. The van der Waals surface area contributed by atoms with E-state index in [1.165, 1.54) is 26.8 Å². The molecule has 0 radical (unpaired) electrons. The second-order valence-electron chi connectivity index (χ2n) is 9.43. The Hall–Kier alpha value is -1.92. The highest BCUT2D eigenvalue weighted by Gasteiger charge is 2.48. The Morgan fingerprint density at radius 2 is 1.79 bits per heavy atom. The van der Waals surface area contributed by atoms with Crippen molar-refractivity contribution in [2.75, 3.05) is 5.75 Å². The van der Waals surface area contributed by atoms with Gasteiger partial charge in [-0.2, -0.15) is 0 Å². The zero-order chi connectivity index (χ0) is 20.8. The summed E-state index contributed by atoms with van der Waals surface area (Å²) in [6, 6.07) is 13.0. The van der Waals surface area contributed by atoms with Gasteiger partial charge in [0.25, 0.3) is 0 Å². The Kier molecular flexibility index (Phi) is 3.83. The van der Waals surface area contributed by atoms with E-state index in [1.54, 1.807) is 25.2 Å². The Labute approximate surface area is 175 Å². The van der Waals surface area contributed by atoms with Gasteiger partial charge in [0.05, 0.1) is 11.3 Å². The molecule has 2 N–H and O–H groups in total. The minimum Gasteiger partial charge on any atom is -0.386 e. The number of benzene rings is 2. The maximum atomic E-state index is 12.9. The van der Waals surface area contributed by atoms with Crippen LogP contribution in [-0.2, 0) is 15.4 Å². The third-order valence-corrected chi connectivity index (χ3v) is 10.7. The molecule has 2 unspecified atom stereocenters. The summed E-state index contributed by atoms with van der Waals surface area (Å²) in [6.07, 6.45) is 1.28. The van der Waals surface area contributed by atoms with Crippen molar-refractivity contribution >= 4 is 47.2 Å². The van der Waals surface area contributed by atoms with Crippen LogP contribution in [-0.4, -0.2) is 24.8 Å². The van der Waals surface area contributed by atoms with Gasteiger partial charge in [0.1, 0.15) is 10.6 Å². The molecule has 29 heavy (non-hydrogen) atoms. The van der Waals surface area contributed by atoms with Crippen LogP contribution < -0.4 is 5.73 Å². The van der Waals surface area contributed by atoms with Crippen LogP contribution in [0.4, 0.5) is 0 Å². The van der Waals surface area contributed by atoms with Crippen molar-refractivity contribution in [2.24, 2.45) is 16.6 Å². The number of hydrogen-bond acceptors (Lipinski definition) is 5. The molecule has 2 heterocycles. The number of hydrogen-bond donors (Lipinski definition) is 1. The first-order valence-electron chi connectivity index (χ1n) is 10.1. The number of thiophene rings is 1. The van der Waals surface area contributed by atoms with E-state index in [0.29, 0.717) is 5.92 Å². The van der Waals surface area contributed by atoms with Gasteiger partial charge in [-0.05, 0) is 68.4 Å². The number of fused-ring (bicyclic) bond motifs is 3. The van der Waals surface area contributed by atoms with Crippen LogP contribution in [0.15, 0.2) is 41.4 Å². The molecule has 1 fully saturated rings. The number of nitrogens with two attached hydrogens (primary N) is 1. The van der Waals surface area contributed by atoms with Gasteiger partial charge in [-0.3, -0.25) is 4.99 Å². The third kappa shape index (κ3) is 2.76. The first kappa shape index (κ1) is 19.1. The second kappa shape index (κ2) is 5.82. The highest BCUT2D eigenvalue weighted by atomic mass is 32.2. The van der Waals surface area contributed by atoms with E-state index in [9.17, 15) is 8.42 Å². The lowest BCUT2D eigenvalue weighted by atomic mass is 9.92. The van der Waals surface area contributed by atoms with Crippen LogP contribution >= 0.6 is 11.3 Å². The number of amidine groups is 1. The topological polar surface area (TPSA) is 72.5 Å². The molecule has 4 nitrogen and oxygen atoms in total. The van der Waals surface area contributed by atoms with Gasteiger partial charge in [0, 0.05) is 20.2 Å². The molecule has 0 spiro atoms. The van der Waals surface area contributed by atoms with Gasteiger partial charge in [-0.25, -0.2) is 8.42 Å². The first-order valence-corrected chi connectivity index (χ1v) is 12.5. The fraction of sp³-hybridized carbons (Fsp3) is 0.435. The monoisotopic (exact) mass is 426 g/mol. The molecule has 1 aliphatic carbocycles. The van der Waals surface area contributed by atoms with Crippen molar-refractivity contribution in [1.29, 1.82) is 0 Å². The number of nitrogens with zero attached hydrogens (tertiary/aromatic N) is 1. The van der Waals surface area contributed by atoms with Crippen LogP contribution in [0.1, 0.15) is 51.2 Å². The lowest BCUT2D eigenvalue weighted by Crippen LogP contribution is -2.54. The summed E-state index contributed by atoms with van der Waals surface area (Å²) >= 11 is 1.80. The van der Waals surface area contributed by atoms with E-state index in [0.717, 1.165) is 16.9 Å². The number of sulfone groups is 1. The summed E-state index contributed by atoms with van der Waals surface area (Å²) in [5.74, 6) is 1.64. The summed E-state index contributed by atoms with van der Waals surface area (Å²) < 4.78 is 27.2. The van der Waals surface area contributed by atoms with E-state index in [2.05, 4.69) is 42.2 Å². The summed E-state index contributed by atoms with van der Waals surface area (Å²) in [5.41, 5.74) is 7.58. The molecule has 3 aromatic rings. The summed E-state index contributed by atoms with van der Waals surface area (Å²) in [4.78, 5) is 4.68. The van der Waals surface area contributed by atoms with E-state index in [4.69, 9.17) is 5.73 Å². The molecule has 1 saturated carbocycles. The molecule has 1 aromatic heterocycles. The highest BCUT2D eigenvalue weighted by molar-refractivity contribution is 7.93. The molecule has 2 aliphatic rings. The largest absolute Gasteiger partial charge is 0.386 e. The smallest absolute Gasteiger partial charge is 0.165 e. The molecule has 0 bridgehead atoms. The third-order valence-electron chi connectivity index (χ3n) is 6.89. The molecule has 6 heteroatoms. The SMILES string of the molecule is CC1CC1c1ccc2c(c1)sc1ccc([C@]3(C)CS(=O)(=O)C(C)(C)C(N)=N3)cc12. The van der Waals surface area contributed by atoms with Crippen LogP contribution in [0.2, 0.25) is 0 Å². The van der Waals surface area contributed by atoms with Crippen molar-refractivity contribution in [1.82, 2.24) is 0 Å². The molecule has 5 rings (SSSR count). The fourth-order valence-electron chi connectivity index (χ4n) is 4.44. The lowest BCUT2D eigenvalue weighted by molar-refractivity contribution is 0.501. The zero-order valence-electron chi connectivity index (χ0n) is 17.2. The van der Waals surface area contributed by atoms with Gasteiger partial charge in [-0.15, -0.1) is 11.3 Å². The Balaban J connectivity index is 1.65. The minimum atomic E-state index is -3.41. The van der Waals surface area contributed by atoms with Gasteiger partial charge >= 0.3 is 0 Å².